The molecule has 0 aromatic carbocycles. The lowest BCUT2D eigenvalue weighted by molar-refractivity contribution is -0.139. The van der Waals surface area contributed by atoms with E-state index in [9.17, 15) is 9.59 Å². The highest BCUT2D eigenvalue weighted by Gasteiger charge is 2.22. The van der Waals surface area contributed by atoms with Crippen molar-refractivity contribution >= 4 is 12.0 Å². The van der Waals surface area contributed by atoms with E-state index in [1.54, 1.807) is 7.11 Å². The van der Waals surface area contributed by atoms with Crippen LogP contribution in [0.3, 0.4) is 0 Å². The number of amides is 2. The van der Waals surface area contributed by atoms with E-state index in [0.717, 1.165) is 19.3 Å². The first-order valence-electron chi connectivity index (χ1n) is 7.08. The van der Waals surface area contributed by atoms with E-state index in [4.69, 9.17) is 9.84 Å². The van der Waals surface area contributed by atoms with Crippen molar-refractivity contribution < 1.29 is 19.4 Å². The van der Waals surface area contributed by atoms with Gasteiger partial charge in [0.2, 0.25) is 0 Å². The molecule has 0 radical (unpaired) electrons. The molecule has 0 aromatic rings. The third-order valence-corrected chi connectivity index (χ3v) is 3.16. The van der Waals surface area contributed by atoms with Gasteiger partial charge in [-0.3, -0.25) is 0 Å². The van der Waals surface area contributed by atoms with Gasteiger partial charge in [-0.25, -0.2) is 9.59 Å². The molecule has 0 saturated heterocycles. The van der Waals surface area contributed by atoms with Crippen LogP contribution in [-0.4, -0.2) is 43.4 Å². The van der Waals surface area contributed by atoms with Crippen LogP contribution in [0.1, 0.15) is 46.5 Å². The van der Waals surface area contributed by atoms with Gasteiger partial charge >= 0.3 is 12.0 Å². The molecule has 118 valence electrons. The molecule has 1 atom stereocenters. The van der Waals surface area contributed by atoms with E-state index in [1.807, 2.05) is 20.8 Å². The van der Waals surface area contributed by atoms with Crippen molar-refractivity contribution in [1.29, 1.82) is 0 Å². The summed E-state index contributed by atoms with van der Waals surface area (Å²) in [5.41, 5.74) is -0.0878. The minimum absolute atomic E-state index is 0.0878. The fourth-order valence-corrected chi connectivity index (χ4v) is 1.66. The van der Waals surface area contributed by atoms with Crippen LogP contribution in [0.5, 0.6) is 0 Å². The van der Waals surface area contributed by atoms with Crippen molar-refractivity contribution in [3.05, 3.63) is 0 Å². The zero-order valence-electron chi connectivity index (χ0n) is 13.0. The summed E-state index contributed by atoms with van der Waals surface area (Å²) < 4.78 is 5.02. The van der Waals surface area contributed by atoms with Gasteiger partial charge in [-0.05, 0) is 18.3 Å². The number of carbonyl (C=O) groups excluding carboxylic acids is 1. The number of hydrogen-bond donors (Lipinski definition) is 3. The van der Waals surface area contributed by atoms with Crippen molar-refractivity contribution in [2.45, 2.75) is 52.5 Å². The summed E-state index contributed by atoms with van der Waals surface area (Å²) >= 11 is 0. The summed E-state index contributed by atoms with van der Waals surface area (Å²) in [5, 5.41) is 14.3. The maximum atomic E-state index is 11.7. The zero-order chi connectivity index (χ0) is 15.6. The molecule has 0 spiro atoms. The van der Waals surface area contributed by atoms with Crippen LogP contribution in [-0.2, 0) is 9.53 Å². The Morgan fingerprint density at radius 2 is 2.00 bits per heavy atom. The minimum atomic E-state index is -0.993. The van der Waals surface area contributed by atoms with Gasteiger partial charge in [0, 0.05) is 20.3 Å². The fraction of sp³-hybridized carbons (Fsp3) is 0.857. The number of unbranched alkanes of at least 4 members (excludes halogenated alkanes) is 1. The summed E-state index contributed by atoms with van der Waals surface area (Å²) in [6, 6.07) is -1.25. The second-order valence-corrected chi connectivity index (χ2v) is 5.77. The van der Waals surface area contributed by atoms with Crippen LogP contribution in [0, 0.1) is 5.41 Å². The van der Waals surface area contributed by atoms with Crippen LogP contribution >= 0.6 is 0 Å². The first-order chi connectivity index (χ1) is 9.32. The van der Waals surface area contributed by atoms with E-state index in [-0.39, 0.29) is 5.41 Å². The molecule has 3 N–H and O–H groups in total. The van der Waals surface area contributed by atoms with Crippen molar-refractivity contribution in [3.63, 3.8) is 0 Å². The molecule has 0 rings (SSSR count). The number of urea groups is 1. The Labute approximate surface area is 121 Å². The smallest absolute Gasteiger partial charge is 0.326 e. The predicted molar refractivity (Wildman–Crippen MR) is 77.8 cm³/mol. The molecule has 0 unspecified atom stereocenters. The first kappa shape index (κ1) is 18.7. The van der Waals surface area contributed by atoms with Gasteiger partial charge in [0.15, 0.2) is 0 Å². The molecule has 0 aliphatic rings. The number of aliphatic carboxylic acids is 1. The number of carbonyl (C=O) groups is 2. The monoisotopic (exact) mass is 288 g/mol. The SMILES string of the molecule is CCCC[C@H](NC(=O)NCC(C)(C)CCOC)C(=O)O. The van der Waals surface area contributed by atoms with Crippen molar-refractivity contribution in [1.82, 2.24) is 10.6 Å². The van der Waals surface area contributed by atoms with Gasteiger partial charge in [0.25, 0.3) is 0 Å². The van der Waals surface area contributed by atoms with E-state index >= 15 is 0 Å². The molecular formula is C14H28N2O4. The van der Waals surface area contributed by atoms with Crippen LogP contribution in [0.4, 0.5) is 4.79 Å². The standard InChI is InChI=1S/C14H28N2O4/c1-5-6-7-11(12(17)18)16-13(19)15-10-14(2,3)8-9-20-4/h11H,5-10H2,1-4H3,(H,17,18)(H2,15,16,19)/t11-/m0/s1. The van der Waals surface area contributed by atoms with Crippen LogP contribution in [0.15, 0.2) is 0 Å². The molecule has 20 heavy (non-hydrogen) atoms. The topological polar surface area (TPSA) is 87.7 Å². The Balaban J connectivity index is 4.15. The van der Waals surface area contributed by atoms with E-state index in [2.05, 4.69) is 10.6 Å². The Morgan fingerprint density at radius 1 is 1.35 bits per heavy atom. The molecule has 0 aliphatic carbocycles. The number of nitrogens with one attached hydrogen (secondary N) is 2. The van der Waals surface area contributed by atoms with Crippen LogP contribution in [0.25, 0.3) is 0 Å². The maximum Gasteiger partial charge on any atom is 0.326 e. The molecule has 2 amide bonds. The van der Waals surface area contributed by atoms with Crippen LogP contribution in [0.2, 0.25) is 0 Å². The molecule has 6 nitrogen and oxygen atoms in total. The van der Waals surface area contributed by atoms with Gasteiger partial charge in [-0.2, -0.15) is 0 Å². The molecule has 0 saturated carbocycles. The van der Waals surface area contributed by atoms with Gasteiger partial charge in [0.05, 0.1) is 0 Å². The second kappa shape index (κ2) is 9.58. The summed E-state index contributed by atoms with van der Waals surface area (Å²) in [5.74, 6) is -0.993. The number of carboxylic acids is 1. The van der Waals surface area contributed by atoms with E-state index in [0.29, 0.717) is 19.6 Å². The van der Waals surface area contributed by atoms with Gasteiger partial charge in [0.1, 0.15) is 6.04 Å². The summed E-state index contributed by atoms with van der Waals surface area (Å²) in [7, 11) is 1.64. The highest BCUT2D eigenvalue weighted by molar-refractivity contribution is 5.82. The summed E-state index contributed by atoms with van der Waals surface area (Å²) in [4.78, 5) is 22.7. The van der Waals surface area contributed by atoms with Gasteiger partial charge in [-0.1, -0.05) is 33.6 Å². The Kier molecular flexibility index (Phi) is 8.96. The zero-order valence-corrected chi connectivity index (χ0v) is 13.0. The lowest BCUT2D eigenvalue weighted by Gasteiger charge is -2.25. The molecule has 0 bridgehead atoms. The first-order valence-corrected chi connectivity index (χ1v) is 7.08. The molecule has 0 aromatic heterocycles. The number of methoxy groups -OCH3 is 1. The summed E-state index contributed by atoms with van der Waals surface area (Å²) in [6.07, 6.45) is 2.95. The number of rotatable bonds is 10. The van der Waals surface area contributed by atoms with Crippen LogP contribution < -0.4 is 10.6 Å². The highest BCUT2D eigenvalue weighted by Crippen LogP contribution is 2.18. The normalized spacial score (nSPS) is 12.8. The third kappa shape index (κ3) is 8.74. The molecule has 0 heterocycles. The number of ether oxygens (including phenoxy) is 1. The average Bonchev–Trinajstić information content (AvgIpc) is 2.38. The fourth-order valence-electron chi connectivity index (χ4n) is 1.66. The predicted octanol–water partition coefficient (Wildman–Crippen LogP) is 1.99. The third-order valence-electron chi connectivity index (χ3n) is 3.16. The van der Waals surface area contributed by atoms with Gasteiger partial charge < -0.3 is 20.5 Å². The second-order valence-electron chi connectivity index (χ2n) is 5.77. The highest BCUT2D eigenvalue weighted by atomic mass is 16.5. The molecule has 0 aliphatic heterocycles. The number of carboxylic acid groups (broad SMARTS) is 1. The van der Waals surface area contributed by atoms with E-state index < -0.39 is 18.0 Å². The Morgan fingerprint density at radius 3 is 2.50 bits per heavy atom. The average molecular weight is 288 g/mol. The van der Waals surface area contributed by atoms with Crippen molar-refractivity contribution in [2.24, 2.45) is 5.41 Å². The largest absolute Gasteiger partial charge is 0.480 e. The summed E-state index contributed by atoms with van der Waals surface area (Å²) in [6.45, 7) is 7.14. The van der Waals surface area contributed by atoms with E-state index in [1.165, 1.54) is 0 Å². The molecular weight excluding hydrogens is 260 g/mol. The maximum absolute atomic E-state index is 11.7. The Hall–Kier alpha value is -1.30. The van der Waals surface area contributed by atoms with Crippen molar-refractivity contribution in [2.75, 3.05) is 20.3 Å². The quantitative estimate of drug-likeness (QED) is 0.573. The lowest BCUT2D eigenvalue weighted by atomic mass is 9.90. The number of hydrogen-bond acceptors (Lipinski definition) is 3. The Bertz CT molecular complexity index is 306. The molecule has 6 heteroatoms. The minimum Gasteiger partial charge on any atom is -0.480 e. The lowest BCUT2D eigenvalue weighted by Crippen LogP contribution is -2.48. The van der Waals surface area contributed by atoms with Gasteiger partial charge in [-0.15, -0.1) is 0 Å². The molecule has 0 fully saturated rings. The van der Waals surface area contributed by atoms with Crippen molar-refractivity contribution in [3.8, 4) is 0 Å².